The topological polar surface area (TPSA) is 102 Å². The van der Waals surface area contributed by atoms with Crippen molar-refractivity contribution in [3.8, 4) is 5.75 Å². The lowest BCUT2D eigenvalue weighted by molar-refractivity contribution is -0.384. The molecule has 3 aromatic rings. The minimum absolute atomic E-state index is 0.100. The number of carbonyl (C=O) groups is 2. The zero-order chi connectivity index (χ0) is 24.2. The molecule has 0 bridgehead atoms. The van der Waals surface area contributed by atoms with Crippen LogP contribution in [0, 0.1) is 17.0 Å². The molecule has 8 nitrogen and oxygen atoms in total. The zero-order valence-corrected chi connectivity index (χ0v) is 18.8. The summed E-state index contributed by atoms with van der Waals surface area (Å²) in [5.74, 6) is -0.397. The first-order valence-corrected chi connectivity index (χ1v) is 10.7. The summed E-state index contributed by atoms with van der Waals surface area (Å²) in [5.41, 5.74) is 3.08. The molecule has 172 valence electrons. The molecule has 0 spiro atoms. The zero-order valence-electron chi connectivity index (χ0n) is 18.8. The third-order valence-corrected chi connectivity index (χ3v) is 5.62. The SMILES string of the molecule is COc1ccc(C)cc1NC1=C(c2ccc([N+](=O)[O-])cc2)C(=O)N(CCc2ccccc2)C1=O. The first kappa shape index (κ1) is 22.7. The van der Waals surface area contributed by atoms with E-state index in [2.05, 4.69) is 5.32 Å². The van der Waals surface area contributed by atoms with Crippen LogP contribution in [0.15, 0.2) is 78.5 Å². The van der Waals surface area contributed by atoms with Crippen molar-refractivity contribution in [1.29, 1.82) is 0 Å². The van der Waals surface area contributed by atoms with Crippen molar-refractivity contribution in [2.24, 2.45) is 0 Å². The lowest BCUT2D eigenvalue weighted by atomic mass is 10.0. The van der Waals surface area contributed by atoms with E-state index in [0.29, 0.717) is 23.4 Å². The number of amides is 2. The van der Waals surface area contributed by atoms with Gasteiger partial charge in [-0.3, -0.25) is 24.6 Å². The maximum absolute atomic E-state index is 13.4. The van der Waals surface area contributed by atoms with Gasteiger partial charge in [0.05, 0.1) is 23.3 Å². The monoisotopic (exact) mass is 457 g/mol. The lowest BCUT2D eigenvalue weighted by Crippen LogP contribution is -2.34. The number of anilines is 1. The van der Waals surface area contributed by atoms with E-state index in [1.54, 1.807) is 6.07 Å². The third-order valence-electron chi connectivity index (χ3n) is 5.62. The summed E-state index contributed by atoms with van der Waals surface area (Å²) >= 11 is 0. The molecule has 0 saturated heterocycles. The number of hydrogen-bond acceptors (Lipinski definition) is 6. The molecule has 0 aromatic heterocycles. The van der Waals surface area contributed by atoms with Crippen molar-refractivity contribution in [2.45, 2.75) is 13.3 Å². The second-order valence-corrected chi connectivity index (χ2v) is 7.88. The van der Waals surface area contributed by atoms with E-state index >= 15 is 0 Å². The molecule has 1 N–H and O–H groups in total. The van der Waals surface area contributed by atoms with Crippen molar-refractivity contribution in [3.63, 3.8) is 0 Å². The molecule has 0 aliphatic carbocycles. The number of benzene rings is 3. The lowest BCUT2D eigenvalue weighted by Gasteiger charge is -2.16. The van der Waals surface area contributed by atoms with Gasteiger partial charge >= 0.3 is 0 Å². The van der Waals surface area contributed by atoms with E-state index in [4.69, 9.17) is 4.74 Å². The quantitative estimate of drug-likeness (QED) is 0.307. The summed E-state index contributed by atoms with van der Waals surface area (Å²) in [7, 11) is 1.52. The highest BCUT2D eigenvalue weighted by molar-refractivity contribution is 6.36. The Morgan fingerprint density at radius 1 is 0.971 bits per heavy atom. The maximum atomic E-state index is 13.4. The highest BCUT2D eigenvalue weighted by Crippen LogP contribution is 2.34. The van der Waals surface area contributed by atoms with Gasteiger partial charge in [0.25, 0.3) is 17.5 Å². The van der Waals surface area contributed by atoms with E-state index in [9.17, 15) is 19.7 Å². The molecule has 8 heteroatoms. The molecular formula is C26H23N3O5. The molecule has 3 aromatic carbocycles. The van der Waals surface area contributed by atoms with Crippen molar-refractivity contribution in [1.82, 2.24) is 4.90 Å². The van der Waals surface area contributed by atoms with Crippen molar-refractivity contribution >= 4 is 28.8 Å². The summed E-state index contributed by atoms with van der Waals surface area (Å²) in [4.78, 5) is 38.6. The van der Waals surface area contributed by atoms with Gasteiger partial charge in [-0.25, -0.2) is 0 Å². The number of aryl methyl sites for hydroxylation is 1. The number of carbonyl (C=O) groups excluding carboxylic acids is 2. The van der Waals surface area contributed by atoms with Crippen molar-refractivity contribution in [2.75, 3.05) is 19.0 Å². The van der Waals surface area contributed by atoms with E-state index in [1.807, 2.05) is 49.4 Å². The summed E-state index contributed by atoms with van der Waals surface area (Å²) in [5, 5.41) is 14.2. The molecule has 1 aliphatic rings. The number of nitro groups is 1. The van der Waals surface area contributed by atoms with Gasteiger partial charge in [0.15, 0.2) is 0 Å². The number of ether oxygens (including phenoxy) is 1. The minimum atomic E-state index is -0.511. The van der Waals surface area contributed by atoms with Gasteiger partial charge in [-0.1, -0.05) is 36.4 Å². The van der Waals surface area contributed by atoms with Gasteiger partial charge in [0.2, 0.25) is 0 Å². The summed E-state index contributed by atoms with van der Waals surface area (Å²) in [6.45, 7) is 2.11. The Hall–Kier alpha value is -4.46. The van der Waals surface area contributed by atoms with E-state index < -0.39 is 16.7 Å². The van der Waals surface area contributed by atoms with Crippen molar-refractivity contribution in [3.05, 3.63) is 105 Å². The van der Waals surface area contributed by atoms with Crippen LogP contribution in [-0.4, -0.2) is 35.3 Å². The Morgan fingerprint density at radius 3 is 2.32 bits per heavy atom. The summed E-state index contributed by atoms with van der Waals surface area (Å²) in [6.07, 6.45) is 0.507. The van der Waals surface area contributed by atoms with Gasteiger partial charge < -0.3 is 10.1 Å². The molecule has 0 unspecified atom stereocenters. The molecule has 0 radical (unpaired) electrons. The van der Waals surface area contributed by atoms with Crippen LogP contribution < -0.4 is 10.1 Å². The average Bonchev–Trinajstić information content (AvgIpc) is 3.07. The van der Waals surface area contributed by atoms with Crippen LogP contribution in [0.4, 0.5) is 11.4 Å². The molecule has 0 fully saturated rings. The normalized spacial score (nSPS) is 13.4. The van der Waals surface area contributed by atoms with Gasteiger partial charge in [0.1, 0.15) is 11.4 Å². The van der Waals surface area contributed by atoms with E-state index in [1.165, 1.54) is 36.3 Å². The smallest absolute Gasteiger partial charge is 0.278 e. The Bertz CT molecular complexity index is 1280. The van der Waals surface area contributed by atoms with Crippen LogP contribution in [0.1, 0.15) is 16.7 Å². The molecule has 1 heterocycles. The molecule has 0 saturated carbocycles. The standard InChI is InChI=1S/C26H23N3O5/c1-17-8-13-22(34-2)21(16-17)27-24-23(19-9-11-20(12-10-19)29(32)33)25(30)28(26(24)31)15-14-18-6-4-3-5-7-18/h3-13,16,27H,14-15H2,1-2H3. The Labute approximate surface area is 196 Å². The van der Waals surface area contributed by atoms with Gasteiger partial charge in [-0.15, -0.1) is 0 Å². The summed E-state index contributed by atoms with van der Waals surface area (Å²) < 4.78 is 5.42. The Morgan fingerprint density at radius 2 is 1.68 bits per heavy atom. The molecule has 1 aliphatic heterocycles. The number of nitro benzene ring substituents is 1. The Kier molecular flexibility index (Phi) is 6.40. The molecule has 34 heavy (non-hydrogen) atoms. The highest BCUT2D eigenvalue weighted by Gasteiger charge is 2.39. The fourth-order valence-corrected chi connectivity index (χ4v) is 3.85. The number of non-ortho nitro benzene ring substituents is 1. The minimum Gasteiger partial charge on any atom is -0.495 e. The second kappa shape index (κ2) is 9.58. The van der Waals surface area contributed by atoms with Crippen molar-refractivity contribution < 1.29 is 19.2 Å². The number of nitrogens with zero attached hydrogens (tertiary/aromatic N) is 2. The van der Waals surface area contributed by atoms with Gasteiger partial charge in [0, 0.05) is 18.7 Å². The maximum Gasteiger partial charge on any atom is 0.278 e. The number of hydrogen-bond donors (Lipinski definition) is 1. The number of rotatable bonds is 8. The van der Waals surface area contributed by atoms with Crippen LogP contribution >= 0.6 is 0 Å². The van der Waals surface area contributed by atoms with Crippen LogP contribution in [0.2, 0.25) is 0 Å². The molecule has 4 rings (SSSR count). The highest BCUT2D eigenvalue weighted by atomic mass is 16.6. The van der Waals surface area contributed by atoms with Crippen LogP contribution in [0.5, 0.6) is 5.75 Å². The third kappa shape index (κ3) is 4.52. The van der Waals surface area contributed by atoms with Crippen LogP contribution in [0.3, 0.4) is 0 Å². The Balaban J connectivity index is 1.73. The fraction of sp³-hybridized carbons (Fsp3) is 0.154. The first-order valence-electron chi connectivity index (χ1n) is 10.7. The number of methoxy groups -OCH3 is 1. The molecule has 2 amide bonds. The second-order valence-electron chi connectivity index (χ2n) is 7.88. The van der Waals surface area contributed by atoms with Gasteiger partial charge in [-0.05, 0) is 54.3 Å². The predicted octanol–water partition coefficient (Wildman–Crippen LogP) is 4.35. The number of imide groups is 1. The average molecular weight is 457 g/mol. The molecule has 0 atom stereocenters. The van der Waals surface area contributed by atoms with Crippen LogP contribution in [-0.2, 0) is 16.0 Å². The predicted molar refractivity (Wildman–Crippen MR) is 128 cm³/mol. The van der Waals surface area contributed by atoms with E-state index in [0.717, 1.165) is 11.1 Å². The summed E-state index contributed by atoms with van der Waals surface area (Å²) in [6, 6.07) is 20.7. The van der Waals surface area contributed by atoms with Crippen LogP contribution in [0.25, 0.3) is 5.57 Å². The molecular weight excluding hydrogens is 434 g/mol. The largest absolute Gasteiger partial charge is 0.495 e. The van der Waals surface area contributed by atoms with Gasteiger partial charge in [-0.2, -0.15) is 0 Å². The first-order chi connectivity index (χ1) is 16.4. The fourth-order valence-electron chi connectivity index (χ4n) is 3.85. The van der Waals surface area contributed by atoms with E-state index in [-0.39, 0.29) is 23.5 Å². The number of nitrogens with one attached hydrogen (secondary N) is 1.